The van der Waals surface area contributed by atoms with Gasteiger partial charge in [-0.3, -0.25) is 4.84 Å². The van der Waals surface area contributed by atoms with Crippen LogP contribution in [-0.4, -0.2) is 10.2 Å². The summed E-state index contributed by atoms with van der Waals surface area (Å²) < 4.78 is 2.69. The quantitative estimate of drug-likeness (QED) is 0.731. The Kier molecular flexibility index (Phi) is 2.95. The third kappa shape index (κ3) is 2.02. The zero-order valence-corrected chi connectivity index (χ0v) is 10.7. The summed E-state index contributed by atoms with van der Waals surface area (Å²) in [6.45, 7) is 2.00. The minimum absolute atomic E-state index is 0.114. The Morgan fingerprint density at radius 2 is 2.21 bits per heavy atom. The number of hydrogen-bond donors (Lipinski definition) is 0. The number of benzene rings is 1. The fourth-order valence-electron chi connectivity index (χ4n) is 1.36. The SMILES string of the molecule is CC1C=C(c2cccc(Br)c2)N(Br)O1. The zero-order valence-electron chi connectivity index (χ0n) is 7.58. The van der Waals surface area contributed by atoms with Crippen LogP contribution in [0.25, 0.3) is 5.70 Å². The van der Waals surface area contributed by atoms with Crippen molar-refractivity contribution in [1.82, 2.24) is 4.09 Å². The van der Waals surface area contributed by atoms with Crippen molar-refractivity contribution in [3.63, 3.8) is 0 Å². The Balaban J connectivity index is 2.36. The topological polar surface area (TPSA) is 12.5 Å². The Morgan fingerprint density at radius 1 is 1.43 bits per heavy atom. The summed E-state index contributed by atoms with van der Waals surface area (Å²) in [5.74, 6) is 0. The van der Waals surface area contributed by atoms with E-state index in [1.165, 1.54) is 0 Å². The second-order valence-electron chi connectivity index (χ2n) is 3.12. The number of hydrogen-bond acceptors (Lipinski definition) is 2. The van der Waals surface area contributed by atoms with Crippen LogP contribution in [0.1, 0.15) is 12.5 Å². The van der Waals surface area contributed by atoms with Gasteiger partial charge >= 0.3 is 0 Å². The fraction of sp³-hybridized carbons (Fsp3) is 0.200. The van der Waals surface area contributed by atoms with Gasteiger partial charge < -0.3 is 0 Å². The average Bonchev–Trinajstić information content (AvgIpc) is 2.45. The van der Waals surface area contributed by atoms with E-state index in [0.717, 1.165) is 15.7 Å². The van der Waals surface area contributed by atoms with Crippen molar-refractivity contribution in [2.75, 3.05) is 0 Å². The molecular weight excluding hydrogens is 310 g/mol. The zero-order chi connectivity index (χ0) is 10.1. The Hall–Kier alpha value is -0.320. The number of nitrogens with zero attached hydrogens (tertiary/aromatic N) is 1. The molecule has 2 rings (SSSR count). The molecule has 0 amide bonds. The normalized spacial score (nSPS) is 21.2. The molecule has 0 aliphatic carbocycles. The molecular formula is C10H9Br2NO. The van der Waals surface area contributed by atoms with Crippen molar-refractivity contribution < 1.29 is 4.84 Å². The molecule has 14 heavy (non-hydrogen) atoms. The maximum Gasteiger partial charge on any atom is 0.104 e. The van der Waals surface area contributed by atoms with E-state index in [1.54, 1.807) is 4.09 Å². The van der Waals surface area contributed by atoms with Crippen molar-refractivity contribution >= 4 is 37.8 Å². The van der Waals surface area contributed by atoms with Crippen LogP contribution in [-0.2, 0) is 4.84 Å². The van der Waals surface area contributed by atoms with E-state index in [2.05, 4.69) is 44.2 Å². The maximum atomic E-state index is 5.41. The van der Waals surface area contributed by atoms with Gasteiger partial charge in [0, 0.05) is 10.0 Å². The minimum atomic E-state index is 0.114. The Morgan fingerprint density at radius 3 is 2.79 bits per heavy atom. The summed E-state index contributed by atoms with van der Waals surface area (Å²) in [5, 5.41) is 0. The van der Waals surface area contributed by atoms with Gasteiger partial charge in [-0.25, -0.2) is 0 Å². The molecule has 1 aliphatic heterocycles. The molecule has 0 saturated carbocycles. The molecule has 1 aromatic rings. The van der Waals surface area contributed by atoms with Crippen LogP contribution in [0.15, 0.2) is 34.8 Å². The van der Waals surface area contributed by atoms with Gasteiger partial charge in [-0.1, -0.05) is 28.1 Å². The van der Waals surface area contributed by atoms with E-state index in [0.29, 0.717) is 0 Å². The molecule has 2 nitrogen and oxygen atoms in total. The number of halogens is 2. The monoisotopic (exact) mass is 317 g/mol. The summed E-state index contributed by atoms with van der Waals surface area (Å²) in [6.07, 6.45) is 2.18. The van der Waals surface area contributed by atoms with E-state index in [4.69, 9.17) is 4.84 Å². The number of hydroxylamine groups is 1. The molecule has 0 bridgehead atoms. The highest BCUT2D eigenvalue weighted by atomic mass is 79.9. The van der Waals surface area contributed by atoms with Crippen LogP contribution in [0.3, 0.4) is 0 Å². The second kappa shape index (κ2) is 4.04. The smallest absolute Gasteiger partial charge is 0.104 e. The van der Waals surface area contributed by atoms with Crippen LogP contribution in [0.2, 0.25) is 0 Å². The summed E-state index contributed by atoms with van der Waals surface area (Å²) in [5.41, 5.74) is 2.17. The molecule has 0 radical (unpaired) electrons. The maximum absolute atomic E-state index is 5.41. The molecule has 0 aromatic heterocycles. The summed E-state index contributed by atoms with van der Waals surface area (Å²) >= 11 is 6.78. The third-order valence-corrected chi connectivity index (χ3v) is 3.00. The molecule has 74 valence electrons. The lowest BCUT2D eigenvalue weighted by Gasteiger charge is -2.12. The van der Waals surface area contributed by atoms with E-state index in [9.17, 15) is 0 Å². The van der Waals surface area contributed by atoms with Crippen LogP contribution in [0, 0.1) is 0 Å². The molecule has 1 aliphatic rings. The molecule has 1 atom stereocenters. The highest BCUT2D eigenvalue weighted by Gasteiger charge is 2.20. The Bertz CT molecular complexity index is 378. The molecule has 4 heteroatoms. The summed E-state index contributed by atoms with van der Waals surface area (Å²) in [6, 6.07) is 8.11. The largest absolute Gasteiger partial charge is 0.255 e. The molecule has 1 aromatic carbocycles. The van der Waals surface area contributed by atoms with Crippen molar-refractivity contribution in [1.29, 1.82) is 0 Å². The van der Waals surface area contributed by atoms with Crippen molar-refractivity contribution in [3.05, 3.63) is 40.4 Å². The van der Waals surface area contributed by atoms with E-state index in [-0.39, 0.29) is 6.10 Å². The van der Waals surface area contributed by atoms with Crippen molar-refractivity contribution in [2.24, 2.45) is 0 Å². The molecule has 0 N–H and O–H groups in total. The van der Waals surface area contributed by atoms with E-state index < -0.39 is 0 Å². The van der Waals surface area contributed by atoms with Gasteiger partial charge in [-0.2, -0.15) is 4.09 Å². The first-order chi connectivity index (χ1) is 6.66. The Labute approximate surface area is 100.0 Å². The average molecular weight is 319 g/mol. The first-order valence-electron chi connectivity index (χ1n) is 4.27. The predicted molar refractivity (Wildman–Crippen MR) is 63.4 cm³/mol. The standard InChI is InChI=1S/C10H9Br2NO/c1-7-5-10(13(12)14-7)8-3-2-4-9(11)6-8/h2-7H,1H3. The van der Waals surface area contributed by atoms with Gasteiger partial charge in [-0.15, -0.1) is 0 Å². The van der Waals surface area contributed by atoms with Gasteiger partial charge in [0.05, 0.1) is 21.8 Å². The van der Waals surface area contributed by atoms with Gasteiger partial charge in [-0.05, 0) is 25.1 Å². The first kappa shape index (κ1) is 10.2. The second-order valence-corrected chi connectivity index (χ2v) is 4.68. The van der Waals surface area contributed by atoms with Gasteiger partial charge in [0.1, 0.15) is 6.10 Å². The van der Waals surface area contributed by atoms with Crippen molar-refractivity contribution in [3.8, 4) is 0 Å². The third-order valence-electron chi connectivity index (χ3n) is 1.96. The van der Waals surface area contributed by atoms with Crippen LogP contribution in [0.5, 0.6) is 0 Å². The lowest BCUT2D eigenvalue weighted by molar-refractivity contribution is -0.0305. The number of rotatable bonds is 1. The molecule has 0 spiro atoms. The van der Waals surface area contributed by atoms with Gasteiger partial charge in [0.15, 0.2) is 0 Å². The van der Waals surface area contributed by atoms with Crippen molar-refractivity contribution in [2.45, 2.75) is 13.0 Å². The highest BCUT2D eigenvalue weighted by molar-refractivity contribution is 9.10. The highest BCUT2D eigenvalue weighted by Crippen LogP contribution is 2.31. The molecule has 0 saturated heterocycles. The molecule has 0 fully saturated rings. The van der Waals surface area contributed by atoms with Crippen LogP contribution >= 0.6 is 32.1 Å². The molecule has 1 unspecified atom stereocenters. The van der Waals surface area contributed by atoms with E-state index in [1.807, 2.05) is 25.1 Å². The fourth-order valence-corrected chi connectivity index (χ4v) is 2.35. The predicted octanol–water partition coefficient (Wildman–Crippen LogP) is 3.74. The lowest BCUT2D eigenvalue weighted by Crippen LogP contribution is -2.07. The van der Waals surface area contributed by atoms with Gasteiger partial charge in [0.25, 0.3) is 0 Å². The van der Waals surface area contributed by atoms with Crippen LogP contribution < -0.4 is 0 Å². The summed E-state index contributed by atoms with van der Waals surface area (Å²) in [7, 11) is 0. The van der Waals surface area contributed by atoms with Gasteiger partial charge in [0.2, 0.25) is 0 Å². The minimum Gasteiger partial charge on any atom is -0.255 e. The first-order valence-corrected chi connectivity index (χ1v) is 5.77. The lowest BCUT2D eigenvalue weighted by atomic mass is 10.1. The summed E-state index contributed by atoms with van der Waals surface area (Å²) in [4.78, 5) is 5.41. The van der Waals surface area contributed by atoms with Crippen LogP contribution in [0.4, 0.5) is 0 Å². The molecule has 1 heterocycles. The van der Waals surface area contributed by atoms with E-state index >= 15 is 0 Å².